The summed E-state index contributed by atoms with van der Waals surface area (Å²) in [5.74, 6) is -0.449. The summed E-state index contributed by atoms with van der Waals surface area (Å²) in [5.41, 5.74) is 0.503. The number of hydrogen-bond donors (Lipinski definition) is 0. The van der Waals surface area contributed by atoms with Crippen molar-refractivity contribution in [1.29, 1.82) is 0 Å². The molecule has 0 atom stereocenters. The molecule has 0 radical (unpaired) electrons. The molecule has 0 saturated carbocycles. The Hall–Kier alpha value is -2.96. The van der Waals surface area contributed by atoms with Crippen molar-refractivity contribution in [3.63, 3.8) is 0 Å². The monoisotopic (exact) mass is 330 g/mol. The van der Waals surface area contributed by atoms with Gasteiger partial charge in [-0.15, -0.1) is 0 Å². The lowest BCUT2D eigenvalue weighted by molar-refractivity contribution is -0.386. The predicted octanol–water partition coefficient (Wildman–Crippen LogP) is 2.68. The summed E-state index contributed by atoms with van der Waals surface area (Å²) in [6.45, 7) is 5.35. The average Bonchev–Trinajstić information content (AvgIpc) is 2.50. The van der Waals surface area contributed by atoms with Crippen LogP contribution < -0.4 is 5.56 Å². The van der Waals surface area contributed by atoms with Crippen LogP contribution in [-0.4, -0.2) is 21.6 Å². The molecule has 0 fully saturated rings. The molecule has 0 unspecified atom stereocenters. The Morgan fingerprint density at radius 2 is 2.00 bits per heavy atom. The molecular formula is C17H18N2O5. The van der Waals surface area contributed by atoms with Crippen molar-refractivity contribution in [3.8, 4) is 0 Å². The van der Waals surface area contributed by atoms with Crippen LogP contribution in [0, 0.1) is 17.0 Å². The summed E-state index contributed by atoms with van der Waals surface area (Å²) in [6, 6.07) is 9.40. The SMILES string of the molecule is Cc1ccc([N+](=O)[O-])c(=O)n1Cc1cccc(C(=O)OC(C)C)c1. The average molecular weight is 330 g/mol. The van der Waals surface area contributed by atoms with Gasteiger partial charge in [-0.1, -0.05) is 12.1 Å². The summed E-state index contributed by atoms with van der Waals surface area (Å²) < 4.78 is 6.45. The Bertz CT molecular complexity index is 839. The van der Waals surface area contributed by atoms with Gasteiger partial charge in [0.1, 0.15) is 0 Å². The smallest absolute Gasteiger partial charge is 0.338 e. The molecule has 0 N–H and O–H groups in total. The molecule has 1 aromatic heterocycles. The molecule has 24 heavy (non-hydrogen) atoms. The van der Waals surface area contributed by atoms with Crippen LogP contribution in [0.2, 0.25) is 0 Å². The fourth-order valence-corrected chi connectivity index (χ4v) is 2.26. The first-order chi connectivity index (χ1) is 11.3. The highest BCUT2D eigenvalue weighted by atomic mass is 16.6. The Kier molecular flexibility index (Phi) is 5.13. The Labute approximate surface area is 138 Å². The summed E-state index contributed by atoms with van der Waals surface area (Å²) in [7, 11) is 0. The number of rotatable bonds is 5. The van der Waals surface area contributed by atoms with Crippen molar-refractivity contribution < 1.29 is 14.5 Å². The summed E-state index contributed by atoms with van der Waals surface area (Å²) in [6.07, 6.45) is -0.234. The van der Waals surface area contributed by atoms with Crippen molar-refractivity contribution >= 4 is 11.7 Å². The van der Waals surface area contributed by atoms with Crippen LogP contribution in [0.5, 0.6) is 0 Å². The zero-order valence-corrected chi connectivity index (χ0v) is 13.7. The topological polar surface area (TPSA) is 91.4 Å². The van der Waals surface area contributed by atoms with E-state index in [1.165, 1.54) is 16.7 Å². The number of carbonyl (C=O) groups is 1. The van der Waals surface area contributed by atoms with Gasteiger partial charge in [-0.25, -0.2) is 4.79 Å². The van der Waals surface area contributed by atoms with Crippen LogP contribution in [0.15, 0.2) is 41.2 Å². The van der Waals surface area contributed by atoms with Crippen molar-refractivity contribution in [2.24, 2.45) is 0 Å². The summed E-state index contributed by atoms with van der Waals surface area (Å²) in [4.78, 5) is 34.4. The van der Waals surface area contributed by atoms with Crippen molar-refractivity contribution in [1.82, 2.24) is 4.57 Å². The summed E-state index contributed by atoms with van der Waals surface area (Å²) >= 11 is 0. The van der Waals surface area contributed by atoms with Gasteiger partial charge in [0.25, 0.3) is 0 Å². The van der Waals surface area contributed by atoms with Crippen LogP contribution in [0.4, 0.5) is 5.69 Å². The van der Waals surface area contributed by atoms with Gasteiger partial charge in [0.15, 0.2) is 0 Å². The molecule has 0 aliphatic heterocycles. The van der Waals surface area contributed by atoms with Crippen molar-refractivity contribution in [3.05, 3.63) is 73.7 Å². The first-order valence-electron chi connectivity index (χ1n) is 7.44. The van der Waals surface area contributed by atoms with Gasteiger partial charge in [0.2, 0.25) is 0 Å². The number of nitrogens with zero attached hydrogens (tertiary/aromatic N) is 2. The van der Waals surface area contributed by atoms with Crippen LogP contribution >= 0.6 is 0 Å². The zero-order valence-electron chi connectivity index (χ0n) is 13.7. The molecule has 1 aromatic carbocycles. The minimum atomic E-state index is -0.700. The minimum Gasteiger partial charge on any atom is -0.459 e. The van der Waals surface area contributed by atoms with E-state index >= 15 is 0 Å². The van der Waals surface area contributed by atoms with E-state index in [4.69, 9.17) is 4.74 Å². The van der Waals surface area contributed by atoms with E-state index in [0.29, 0.717) is 16.8 Å². The molecule has 0 amide bonds. The maximum absolute atomic E-state index is 12.2. The molecule has 1 heterocycles. The van der Waals surface area contributed by atoms with E-state index in [-0.39, 0.29) is 12.6 Å². The molecular weight excluding hydrogens is 312 g/mol. The minimum absolute atomic E-state index is 0.134. The Balaban J connectivity index is 2.36. The maximum atomic E-state index is 12.2. The number of nitro groups is 1. The summed E-state index contributed by atoms with van der Waals surface area (Å²) in [5, 5.41) is 10.9. The van der Waals surface area contributed by atoms with Gasteiger partial charge >= 0.3 is 17.2 Å². The lowest BCUT2D eigenvalue weighted by Gasteiger charge is -2.11. The number of aryl methyl sites for hydroxylation is 1. The Morgan fingerprint density at radius 1 is 1.29 bits per heavy atom. The largest absolute Gasteiger partial charge is 0.459 e. The van der Waals surface area contributed by atoms with Crippen LogP contribution in [0.1, 0.15) is 35.5 Å². The van der Waals surface area contributed by atoms with Gasteiger partial charge < -0.3 is 9.30 Å². The van der Waals surface area contributed by atoms with Crippen molar-refractivity contribution in [2.75, 3.05) is 0 Å². The molecule has 7 heteroatoms. The number of hydrogen-bond acceptors (Lipinski definition) is 5. The van der Waals surface area contributed by atoms with E-state index in [1.54, 1.807) is 45.0 Å². The van der Waals surface area contributed by atoms with E-state index in [2.05, 4.69) is 0 Å². The fraction of sp³-hybridized carbons (Fsp3) is 0.294. The van der Waals surface area contributed by atoms with Gasteiger partial charge in [-0.2, -0.15) is 0 Å². The highest BCUT2D eigenvalue weighted by Crippen LogP contribution is 2.12. The Morgan fingerprint density at radius 3 is 2.62 bits per heavy atom. The standard InChI is InChI=1S/C17H18N2O5/c1-11(2)24-17(21)14-6-4-5-13(9-14)10-18-12(3)7-8-15(16(18)20)19(22)23/h4-9,11H,10H2,1-3H3. The molecule has 2 rings (SSSR count). The van der Waals surface area contributed by atoms with Crippen molar-refractivity contribution in [2.45, 2.75) is 33.4 Å². The highest BCUT2D eigenvalue weighted by Gasteiger charge is 2.16. The second kappa shape index (κ2) is 7.08. The third-order valence-corrected chi connectivity index (χ3v) is 3.42. The van der Waals surface area contributed by atoms with Crippen LogP contribution in [0.25, 0.3) is 0 Å². The fourth-order valence-electron chi connectivity index (χ4n) is 2.26. The normalized spacial score (nSPS) is 10.7. The number of pyridine rings is 1. The molecule has 0 aliphatic carbocycles. The van der Waals surface area contributed by atoms with E-state index < -0.39 is 22.1 Å². The molecule has 2 aromatic rings. The van der Waals surface area contributed by atoms with E-state index in [9.17, 15) is 19.7 Å². The molecule has 7 nitrogen and oxygen atoms in total. The predicted molar refractivity (Wildman–Crippen MR) is 88.2 cm³/mol. The quantitative estimate of drug-likeness (QED) is 0.477. The third kappa shape index (κ3) is 3.87. The lowest BCUT2D eigenvalue weighted by Crippen LogP contribution is -2.25. The second-order valence-corrected chi connectivity index (χ2v) is 5.66. The first kappa shape index (κ1) is 17.4. The molecule has 0 aliphatic rings. The maximum Gasteiger partial charge on any atom is 0.338 e. The number of ether oxygens (including phenoxy) is 1. The molecule has 126 valence electrons. The van der Waals surface area contributed by atoms with Crippen LogP contribution in [-0.2, 0) is 11.3 Å². The number of benzene rings is 1. The van der Waals surface area contributed by atoms with Gasteiger partial charge in [-0.05, 0) is 44.5 Å². The zero-order chi connectivity index (χ0) is 17.9. The first-order valence-corrected chi connectivity index (χ1v) is 7.44. The van der Waals surface area contributed by atoms with Gasteiger partial charge in [0, 0.05) is 11.8 Å². The third-order valence-electron chi connectivity index (χ3n) is 3.42. The van der Waals surface area contributed by atoms with Gasteiger partial charge in [-0.3, -0.25) is 14.9 Å². The second-order valence-electron chi connectivity index (χ2n) is 5.66. The molecule has 0 bridgehead atoms. The van der Waals surface area contributed by atoms with Gasteiger partial charge in [0.05, 0.1) is 23.1 Å². The van der Waals surface area contributed by atoms with E-state index in [1.807, 2.05) is 0 Å². The van der Waals surface area contributed by atoms with E-state index in [0.717, 1.165) is 0 Å². The number of aromatic nitrogens is 1. The lowest BCUT2D eigenvalue weighted by atomic mass is 10.1. The number of carbonyl (C=O) groups excluding carboxylic acids is 1. The number of esters is 1. The molecule has 0 saturated heterocycles. The molecule has 0 spiro atoms. The van der Waals surface area contributed by atoms with Crippen LogP contribution in [0.3, 0.4) is 0 Å². The highest BCUT2D eigenvalue weighted by molar-refractivity contribution is 5.89.